The highest BCUT2D eigenvalue weighted by molar-refractivity contribution is 6.05. The van der Waals surface area contributed by atoms with Crippen molar-refractivity contribution in [1.29, 1.82) is 0 Å². The summed E-state index contributed by atoms with van der Waals surface area (Å²) in [5.74, 6) is -1.74. The van der Waals surface area contributed by atoms with Gasteiger partial charge in [0.2, 0.25) is 23.6 Å². The Morgan fingerprint density at radius 1 is 0.919 bits per heavy atom. The number of nitrogens with one attached hydrogen (secondary N) is 2. The minimum absolute atomic E-state index is 0.0283. The van der Waals surface area contributed by atoms with Crippen LogP contribution in [0.3, 0.4) is 0 Å². The number of aromatic nitrogens is 5. The fraction of sp³-hybridized carbons (Fsp3) is 0.457. The van der Waals surface area contributed by atoms with E-state index in [0.717, 1.165) is 49.9 Å². The van der Waals surface area contributed by atoms with Gasteiger partial charge in [-0.2, -0.15) is 5.10 Å². The van der Waals surface area contributed by atoms with Crippen molar-refractivity contribution in [2.24, 2.45) is 24.8 Å². The summed E-state index contributed by atoms with van der Waals surface area (Å²) in [5.41, 5.74) is 4.74. The molecule has 62 heavy (non-hydrogen) atoms. The van der Waals surface area contributed by atoms with E-state index >= 15 is 8.78 Å². The molecule has 2 bridgehead atoms. The molecule has 2 N–H and O–H groups in total. The molecule has 4 amide bonds. The Morgan fingerprint density at radius 2 is 1.69 bits per heavy atom. The first-order valence-electron chi connectivity index (χ1n) is 21.7. The minimum Gasteiger partial charge on any atom is -0.477 e. The van der Waals surface area contributed by atoms with Crippen LogP contribution in [-0.4, -0.2) is 97.1 Å². The number of halogens is 2. The van der Waals surface area contributed by atoms with Crippen LogP contribution in [-0.2, 0) is 29.6 Å². The molecule has 7 heterocycles. The lowest BCUT2D eigenvalue weighted by Crippen LogP contribution is -2.52. The lowest BCUT2D eigenvalue weighted by atomic mass is 9.79. The number of pyridine rings is 1. The quantitative estimate of drug-likeness (QED) is 0.195. The Hall–Kier alpha value is -6.03. The maximum atomic E-state index is 15.0. The molecule has 3 aromatic heterocycles. The molecule has 2 atom stereocenters. The van der Waals surface area contributed by atoms with Crippen LogP contribution in [0.5, 0.6) is 5.88 Å². The summed E-state index contributed by atoms with van der Waals surface area (Å²) in [6.07, 6.45) is 5.79. The van der Waals surface area contributed by atoms with Crippen LogP contribution in [0.1, 0.15) is 88.9 Å². The average molecular weight is 848 g/mol. The van der Waals surface area contributed by atoms with E-state index in [-0.39, 0.29) is 36.1 Å². The Kier molecular flexibility index (Phi) is 11.4. The highest BCUT2D eigenvalue weighted by Crippen LogP contribution is 2.35. The summed E-state index contributed by atoms with van der Waals surface area (Å²) in [6.45, 7) is 8.86. The maximum absolute atomic E-state index is 15.0. The van der Waals surface area contributed by atoms with Gasteiger partial charge in [-0.15, -0.1) is 0 Å². The number of anilines is 1. The van der Waals surface area contributed by atoms with E-state index in [1.165, 1.54) is 12.1 Å². The number of hydrogen-bond donors (Lipinski definition) is 2. The Labute approximate surface area is 358 Å². The molecular formula is C46H51F2N9O5. The average Bonchev–Trinajstić information content (AvgIpc) is 3.76. The van der Waals surface area contributed by atoms with Gasteiger partial charge in [0.25, 0.3) is 11.8 Å². The van der Waals surface area contributed by atoms with Crippen LogP contribution < -0.4 is 15.4 Å². The van der Waals surface area contributed by atoms with E-state index < -0.39 is 29.4 Å². The molecule has 16 heteroatoms. The predicted octanol–water partition coefficient (Wildman–Crippen LogP) is 6.03. The Balaban J connectivity index is 0.826. The molecule has 4 aliphatic heterocycles. The highest BCUT2D eigenvalue weighted by atomic mass is 19.1. The fourth-order valence-corrected chi connectivity index (χ4v) is 9.64. The van der Waals surface area contributed by atoms with Gasteiger partial charge in [0, 0.05) is 75.1 Å². The third-order valence-corrected chi connectivity index (χ3v) is 13.1. The van der Waals surface area contributed by atoms with Gasteiger partial charge in [0.1, 0.15) is 11.6 Å². The largest absolute Gasteiger partial charge is 0.477 e. The number of rotatable bonds is 6. The summed E-state index contributed by atoms with van der Waals surface area (Å²) in [4.78, 5) is 65.4. The summed E-state index contributed by atoms with van der Waals surface area (Å²) in [6, 6.07) is 11.7. The fourth-order valence-electron chi connectivity index (χ4n) is 9.64. The third kappa shape index (κ3) is 8.31. The van der Waals surface area contributed by atoms with Crippen LogP contribution in [0.15, 0.2) is 48.7 Å². The Bertz CT molecular complexity index is 2550. The van der Waals surface area contributed by atoms with E-state index in [1.54, 1.807) is 23.0 Å². The molecule has 0 radical (unpaired) electrons. The SMILES string of the molecule is Cc1cc2cc(n1)-c1cnn(C)c1OCCC[C@@H](C)Cn1c(nc3ccc(C(=O)N4CCC(C5CN(CCc6cc(F)c([C@H]7CCC(=O)NC7=O)c(F)c6)C5)CC4)cc31)NC2=O. The monoisotopic (exact) mass is 847 g/mol. The van der Waals surface area contributed by atoms with Gasteiger partial charge in [-0.3, -0.25) is 34.8 Å². The van der Waals surface area contributed by atoms with Gasteiger partial charge in [0.15, 0.2) is 0 Å². The van der Waals surface area contributed by atoms with E-state index in [2.05, 4.69) is 27.6 Å². The van der Waals surface area contributed by atoms with Crippen molar-refractivity contribution in [2.75, 3.05) is 44.6 Å². The number of benzene rings is 2. The molecule has 9 rings (SSSR count). The number of amides is 4. The zero-order valence-corrected chi connectivity index (χ0v) is 35.3. The zero-order chi connectivity index (χ0) is 43.2. The molecule has 324 valence electrons. The smallest absolute Gasteiger partial charge is 0.258 e. The standard InChI is InChI=1S/C46H51F2N9O5/c1-26-5-4-16-62-45-34(22-49-54(45)3)38-20-31(17-27(2)50-38)42(59)53-46-51-37-8-6-30(21-39(37)57(46)23-26)44(61)56-14-11-29(12-15-56)32-24-55(25-32)13-10-28-18-35(47)41(36(48)19-28)33-7-9-40(58)52-43(33)60/h6,8,17-22,26,29,32-33H,4-5,7,9-16,23-25H2,1-3H3,(H,51,53,59)(H,52,58,60)/t26-,33-/m1/s1. The second kappa shape index (κ2) is 17.0. The Morgan fingerprint density at radius 3 is 2.45 bits per heavy atom. The van der Waals surface area contributed by atoms with Crippen molar-refractivity contribution in [3.63, 3.8) is 0 Å². The van der Waals surface area contributed by atoms with Gasteiger partial charge in [-0.1, -0.05) is 6.92 Å². The number of aryl methyl sites for hydroxylation is 2. The van der Waals surface area contributed by atoms with Gasteiger partial charge < -0.3 is 19.1 Å². The maximum Gasteiger partial charge on any atom is 0.258 e. The number of hydrogen-bond acceptors (Lipinski definition) is 9. The molecule has 3 saturated heterocycles. The minimum atomic E-state index is -1.01. The lowest BCUT2D eigenvalue weighted by Gasteiger charge is -2.46. The molecule has 4 aliphatic rings. The number of likely N-dealkylation sites (tertiary alicyclic amines) is 2. The molecular weight excluding hydrogens is 797 g/mol. The first-order valence-corrected chi connectivity index (χ1v) is 21.7. The zero-order valence-electron chi connectivity index (χ0n) is 35.3. The van der Waals surface area contributed by atoms with Crippen molar-refractivity contribution in [3.05, 3.63) is 88.2 Å². The molecule has 0 spiro atoms. The van der Waals surface area contributed by atoms with E-state index in [1.807, 2.05) is 41.6 Å². The van der Waals surface area contributed by atoms with Crippen LogP contribution in [0.2, 0.25) is 0 Å². The van der Waals surface area contributed by atoms with Crippen molar-refractivity contribution in [2.45, 2.75) is 71.3 Å². The number of nitrogens with zero attached hydrogens (tertiary/aromatic N) is 7. The molecule has 5 aromatic rings. The van der Waals surface area contributed by atoms with Gasteiger partial charge in [-0.25, -0.2) is 18.4 Å². The number of piperidine rings is 2. The predicted molar refractivity (Wildman–Crippen MR) is 226 cm³/mol. The van der Waals surface area contributed by atoms with Crippen LogP contribution in [0.4, 0.5) is 14.7 Å². The third-order valence-electron chi connectivity index (χ3n) is 13.1. The van der Waals surface area contributed by atoms with Crippen molar-refractivity contribution < 1.29 is 32.7 Å². The molecule has 0 aliphatic carbocycles. The van der Waals surface area contributed by atoms with Gasteiger partial charge in [0.05, 0.1) is 41.0 Å². The number of ether oxygens (including phenoxy) is 1. The second-order valence-corrected chi connectivity index (χ2v) is 17.5. The van der Waals surface area contributed by atoms with Crippen LogP contribution in [0.25, 0.3) is 22.3 Å². The molecule has 2 aromatic carbocycles. The molecule has 0 saturated carbocycles. The summed E-state index contributed by atoms with van der Waals surface area (Å²) >= 11 is 0. The summed E-state index contributed by atoms with van der Waals surface area (Å²) in [7, 11) is 1.82. The second-order valence-electron chi connectivity index (χ2n) is 17.5. The van der Waals surface area contributed by atoms with Gasteiger partial charge in [-0.05, 0) is 111 Å². The molecule has 3 fully saturated rings. The van der Waals surface area contributed by atoms with E-state index in [9.17, 15) is 19.2 Å². The van der Waals surface area contributed by atoms with Crippen LogP contribution >= 0.6 is 0 Å². The number of imidazole rings is 1. The normalized spacial score (nSPS) is 20.7. The highest BCUT2D eigenvalue weighted by Gasteiger charge is 2.37. The number of imide groups is 1. The van der Waals surface area contributed by atoms with E-state index in [0.29, 0.717) is 96.5 Å². The number of carbonyl (C=O) groups is 4. The summed E-state index contributed by atoms with van der Waals surface area (Å²) < 4.78 is 40.0. The number of carbonyl (C=O) groups excluding carboxylic acids is 4. The molecule has 14 nitrogen and oxygen atoms in total. The summed E-state index contributed by atoms with van der Waals surface area (Å²) in [5, 5.41) is 9.63. The van der Waals surface area contributed by atoms with E-state index in [4.69, 9.17) is 14.7 Å². The van der Waals surface area contributed by atoms with Crippen molar-refractivity contribution in [3.8, 4) is 17.1 Å². The first kappa shape index (κ1) is 41.3. The van der Waals surface area contributed by atoms with Crippen LogP contribution in [0, 0.1) is 36.3 Å². The van der Waals surface area contributed by atoms with Crippen molar-refractivity contribution in [1.82, 2.24) is 39.4 Å². The number of fused-ring (bicyclic) bond motifs is 7. The molecule has 0 unspecified atom stereocenters. The topological polar surface area (TPSA) is 157 Å². The van der Waals surface area contributed by atoms with Gasteiger partial charge >= 0.3 is 0 Å². The first-order chi connectivity index (χ1) is 29.9. The van der Waals surface area contributed by atoms with Crippen molar-refractivity contribution >= 4 is 40.6 Å². The lowest BCUT2D eigenvalue weighted by molar-refractivity contribution is -0.134.